The molecule has 0 unspecified atom stereocenters. The van der Waals surface area contributed by atoms with Crippen molar-refractivity contribution in [1.29, 1.82) is 0 Å². The average Bonchev–Trinajstić information content (AvgIpc) is 2.45. The Morgan fingerprint density at radius 2 is 2.14 bits per heavy atom. The Bertz CT molecular complexity index is 749. The highest BCUT2D eigenvalue weighted by molar-refractivity contribution is 7.98. The number of rotatable bonds is 5. The Hall–Kier alpha value is -1.50. The van der Waals surface area contributed by atoms with E-state index in [9.17, 15) is 9.59 Å². The number of carbonyl (C=O) groups excluding carboxylic acids is 1. The number of thioether (sulfide) groups is 1. The molecule has 0 saturated carbocycles. The number of esters is 1. The van der Waals surface area contributed by atoms with Gasteiger partial charge in [-0.1, -0.05) is 41.0 Å². The molecule has 0 atom stereocenters. The lowest BCUT2D eigenvalue weighted by atomic mass is 10.2. The number of methoxy groups -OCH3 is 1. The maximum absolute atomic E-state index is 11.6. The summed E-state index contributed by atoms with van der Waals surface area (Å²) in [6, 6.07) is 6.49. The lowest BCUT2D eigenvalue weighted by molar-refractivity contribution is -0.139. The largest absolute Gasteiger partial charge is 0.469 e. The first kappa shape index (κ1) is 16.9. The molecule has 8 heteroatoms. The van der Waals surface area contributed by atoms with E-state index in [1.807, 2.05) is 6.07 Å². The Morgan fingerprint density at radius 3 is 2.82 bits per heavy atom. The second-order valence-corrected chi connectivity index (χ2v) is 6.13. The summed E-state index contributed by atoms with van der Waals surface area (Å²) in [5.74, 6) is 0.0652. The van der Waals surface area contributed by atoms with E-state index in [4.69, 9.17) is 23.2 Å². The number of aromatic amines is 1. The highest BCUT2D eigenvalue weighted by atomic mass is 35.5. The van der Waals surface area contributed by atoms with Crippen LogP contribution in [-0.2, 0) is 21.7 Å². The van der Waals surface area contributed by atoms with Crippen LogP contribution < -0.4 is 5.56 Å². The van der Waals surface area contributed by atoms with Crippen molar-refractivity contribution in [1.82, 2.24) is 9.97 Å². The lowest BCUT2D eigenvalue weighted by Crippen LogP contribution is -2.13. The average molecular weight is 359 g/mol. The van der Waals surface area contributed by atoms with Gasteiger partial charge < -0.3 is 9.72 Å². The van der Waals surface area contributed by atoms with E-state index >= 15 is 0 Å². The molecular formula is C14H12Cl2N2O3S. The van der Waals surface area contributed by atoms with Gasteiger partial charge in [0, 0.05) is 21.9 Å². The molecule has 2 aromatic rings. The van der Waals surface area contributed by atoms with Crippen molar-refractivity contribution in [3.63, 3.8) is 0 Å². The molecule has 22 heavy (non-hydrogen) atoms. The van der Waals surface area contributed by atoms with Gasteiger partial charge in [-0.05, 0) is 17.7 Å². The molecular weight excluding hydrogens is 347 g/mol. The molecule has 2 rings (SSSR count). The van der Waals surface area contributed by atoms with Crippen LogP contribution in [0.5, 0.6) is 0 Å². The maximum atomic E-state index is 11.6. The summed E-state index contributed by atoms with van der Waals surface area (Å²) in [4.78, 5) is 29.7. The van der Waals surface area contributed by atoms with E-state index in [1.54, 1.807) is 12.1 Å². The number of H-pyrrole nitrogens is 1. The van der Waals surface area contributed by atoms with E-state index in [1.165, 1.54) is 24.9 Å². The van der Waals surface area contributed by atoms with Crippen LogP contribution in [-0.4, -0.2) is 23.0 Å². The summed E-state index contributed by atoms with van der Waals surface area (Å²) in [5.41, 5.74) is 0.913. The molecule has 0 bridgehead atoms. The molecule has 0 saturated heterocycles. The fourth-order valence-corrected chi connectivity index (χ4v) is 3.10. The Morgan fingerprint density at radius 1 is 1.36 bits per heavy atom. The minimum Gasteiger partial charge on any atom is -0.469 e. The number of hydrogen-bond acceptors (Lipinski definition) is 5. The molecule has 1 aromatic heterocycles. The normalized spacial score (nSPS) is 10.5. The van der Waals surface area contributed by atoms with Gasteiger partial charge in [-0.2, -0.15) is 0 Å². The van der Waals surface area contributed by atoms with Gasteiger partial charge in [0.1, 0.15) is 0 Å². The summed E-state index contributed by atoms with van der Waals surface area (Å²) in [6.07, 6.45) is -0.0460. The minimum absolute atomic E-state index is 0.0460. The second-order valence-electron chi connectivity index (χ2n) is 4.32. The molecule has 1 heterocycles. The Kier molecular flexibility index (Phi) is 5.88. The van der Waals surface area contributed by atoms with Gasteiger partial charge in [-0.25, -0.2) is 4.98 Å². The van der Waals surface area contributed by atoms with Crippen molar-refractivity contribution in [2.24, 2.45) is 0 Å². The molecule has 0 aliphatic heterocycles. The highest BCUT2D eigenvalue weighted by Crippen LogP contribution is 2.26. The number of ether oxygens (including phenoxy) is 1. The smallest absolute Gasteiger partial charge is 0.311 e. The van der Waals surface area contributed by atoms with Crippen molar-refractivity contribution in [2.45, 2.75) is 17.3 Å². The van der Waals surface area contributed by atoms with Crippen LogP contribution in [0.1, 0.15) is 11.3 Å². The first-order chi connectivity index (χ1) is 10.5. The molecule has 116 valence electrons. The minimum atomic E-state index is -0.449. The van der Waals surface area contributed by atoms with Crippen molar-refractivity contribution in [2.75, 3.05) is 7.11 Å². The zero-order valence-corrected chi connectivity index (χ0v) is 13.9. The van der Waals surface area contributed by atoms with Crippen molar-refractivity contribution in [3.8, 4) is 0 Å². The molecule has 0 radical (unpaired) electrons. The van der Waals surface area contributed by atoms with E-state index in [2.05, 4.69) is 14.7 Å². The summed E-state index contributed by atoms with van der Waals surface area (Å²) >= 11 is 13.2. The Labute approximate surface area is 141 Å². The fraction of sp³-hybridized carbons (Fsp3) is 0.214. The number of hydrogen-bond donors (Lipinski definition) is 1. The number of nitrogens with zero attached hydrogens (tertiary/aromatic N) is 1. The number of nitrogens with one attached hydrogen (secondary N) is 1. The zero-order valence-electron chi connectivity index (χ0n) is 11.6. The summed E-state index contributed by atoms with van der Waals surface area (Å²) in [5, 5.41) is 1.52. The Balaban J connectivity index is 2.12. The second kappa shape index (κ2) is 7.67. The predicted molar refractivity (Wildman–Crippen MR) is 86.6 cm³/mol. The van der Waals surface area contributed by atoms with Gasteiger partial charge >= 0.3 is 5.97 Å². The molecule has 1 N–H and O–H groups in total. The number of benzene rings is 1. The van der Waals surface area contributed by atoms with Crippen LogP contribution in [0.15, 0.2) is 34.2 Å². The first-order valence-electron chi connectivity index (χ1n) is 6.21. The molecule has 0 spiro atoms. The first-order valence-corrected chi connectivity index (χ1v) is 7.96. The van der Waals surface area contributed by atoms with Gasteiger partial charge in [0.2, 0.25) is 0 Å². The van der Waals surface area contributed by atoms with E-state index in [0.717, 1.165) is 5.56 Å². The van der Waals surface area contributed by atoms with Gasteiger partial charge in [0.25, 0.3) is 5.56 Å². The van der Waals surface area contributed by atoms with E-state index in [0.29, 0.717) is 26.6 Å². The van der Waals surface area contributed by atoms with Crippen molar-refractivity contribution < 1.29 is 9.53 Å². The van der Waals surface area contributed by atoms with Crippen LogP contribution in [0.3, 0.4) is 0 Å². The third kappa shape index (κ3) is 4.76. The molecule has 1 aromatic carbocycles. The summed E-state index contributed by atoms with van der Waals surface area (Å²) in [6.45, 7) is 0. The predicted octanol–water partition coefficient (Wildman–Crippen LogP) is 3.08. The zero-order chi connectivity index (χ0) is 16.1. The molecule has 0 amide bonds. The van der Waals surface area contributed by atoms with E-state index < -0.39 is 5.97 Å². The van der Waals surface area contributed by atoms with Crippen LogP contribution in [0.2, 0.25) is 10.0 Å². The highest BCUT2D eigenvalue weighted by Gasteiger charge is 2.09. The quantitative estimate of drug-likeness (QED) is 0.505. The number of halogens is 2. The molecule has 0 aliphatic rings. The third-order valence-electron chi connectivity index (χ3n) is 2.71. The lowest BCUT2D eigenvalue weighted by Gasteiger charge is -2.05. The fourth-order valence-electron chi connectivity index (χ4n) is 1.65. The van der Waals surface area contributed by atoms with Gasteiger partial charge in [0.05, 0.1) is 19.2 Å². The van der Waals surface area contributed by atoms with Gasteiger partial charge in [-0.15, -0.1) is 0 Å². The molecule has 0 aliphatic carbocycles. The SMILES string of the molecule is COC(=O)Cc1cc(=O)[nH]c(SCc2ccc(Cl)cc2Cl)n1. The summed E-state index contributed by atoms with van der Waals surface area (Å²) < 4.78 is 4.56. The van der Waals surface area contributed by atoms with Crippen LogP contribution in [0.25, 0.3) is 0 Å². The van der Waals surface area contributed by atoms with E-state index in [-0.39, 0.29) is 12.0 Å². The number of carbonyl (C=O) groups is 1. The topological polar surface area (TPSA) is 72.1 Å². The number of aromatic nitrogens is 2. The van der Waals surface area contributed by atoms with Crippen molar-refractivity contribution >= 4 is 40.9 Å². The van der Waals surface area contributed by atoms with Crippen LogP contribution in [0.4, 0.5) is 0 Å². The van der Waals surface area contributed by atoms with Gasteiger partial charge in [0.15, 0.2) is 5.16 Å². The van der Waals surface area contributed by atoms with Crippen LogP contribution in [0, 0.1) is 0 Å². The molecule has 0 fully saturated rings. The standard InChI is InChI=1S/C14H12Cl2N2O3S/c1-21-13(20)6-10-5-12(19)18-14(17-10)22-7-8-2-3-9(15)4-11(8)16/h2-5H,6-7H2,1H3,(H,17,18,19). The van der Waals surface area contributed by atoms with Crippen molar-refractivity contribution in [3.05, 3.63) is 55.9 Å². The van der Waals surface area contributed by atoms with Crippen LogP contribution >= 0.6 is 35.0 Å². The van der Waals surface area contributed by atoms with Gasteiger partial charge in [-0.3, -0.25) is 9.59 Å². The monoisotopic (exact) mass is 358 g/mol. The third-order valence-corrected chi connectivity index (χ3v) is 4.21. The summed E-state index contributed by atoms with van der Waals surface area (Å²) in [7, 11) is 1.29. The molecule has 5 nitrogen and oxygen atoms in total. The maximum Gasteiger partial charge on any atom is 0.311 e.